The van der Waals surface area contributed by atoms with E-state index in [-0.39, 0.29) is 0 Å². The Morgan fingerprint density at radius 2 is 2.13 bits per heavy atom. The first-order valence-corrected chi connectivity index (χ1v) is 5.09. The molecule has 3 heteroatoms. The molecule has 0 spiro atoms. The number of nitrogens with zero attached hydrogens (tertiary/aromatic N) is 2. The number of rotatable bonds is 2. The highest BCUT2D eigenvalue weighted by Crippen LogP contribution is 2.18. The summed E-state index contributed by atoms with van der Waals surface area (Å²) in [5.74, 6) is 0. The molecule has 1 aromatic heterocycles. The molecule has 2 nitrogen and oxygen atoms in total. The quantitative estimate of drug-likeness (QED) is 0.772. The van der Waals surface area contributed by atoms with Crippen molar-refractivity contribution in [1.29, 1.82) is 5.26 Å². The van der Waals surface area contributed by atoms with Gasteiger partial charge in [0.15, 0.2) is 0 Å². The molecule has 0 saturated carbocycles. The number of benzene rings is 1. The van der Waals surface area contributed by atoms with E-state index in [1.807, 2.05) is 30.3 Å². The van der Waals surface area contributed by atoms with Gasteiger partial charge >= 0.3 is 0 Å². The van der Waals surface area contributed by atoms with Crippen LogP contribution in [0.5, 0.6) is 0 Å². The maximum Gasteiger partial charge on any atom is 0.0706 e. The second kappa shape index (κ2) is 4.29. The lowest BCUT2D eigenvalue weighted by molar-refractivity contribution is 0.963. The Bertz CT molecular complexity index is 529. The number of hydrogen-bond acceptors (Lipinski definition) is 2. The van der Waals surface area contributed by atoms with Crippen LogP contribution in [0.4, 0.5) is 0 Å². The van der Waals surface area contributed by atoms with Crippen molar-refractivity contribution in [3.8, 4) is 6.07 Å². The molecule has 2 aromatic rings. The molecule has 1 heterocycles. The van der Waals surface area contributed by atoms with Crippen LogP contribution in [0.3, 0.4) is 0 Å². The first-order valence-electron chi connectivity index (χ1n) is 4.72. The minimum Gasteiger partial charge on any atom is -0.253 e. The zero-order valence-electron chi connectivity index (χ0n) is 8.07. The number of fused-ring (bicyclic) bond motifs is 1. The van der Waals surface area contributed by atoms with Crippen LogP contribution < -0.4 is 0 Å². The minimum atomic E-state index is 0.506. The van der Waals surface area contributed by atoms with Crippen molar-refractivity contribution >= 4 is 22.5 Å². The van der Waals surface area contributed by atoms with Gasteiger partial charge in [-0.3, -0.25) is 4.98 Å². The van der Waals surface area contributed by atoms with Crippen molar-refractivity contribution in [1.82, 2.24) is 4.98 Å². The maximum absolute atomic E-state index is 8.48. The molecule has 74 valence electrons. The van der Waals surface area contributed by atoms with Crippen LogP contribution in [0.25, 0.3) is 10.9 Å². The van der Waals surface area contributed by atoms with Gasteiger partial charge in [-0.05, 0) is 24.3 Å². The summed E-state index contributed by atoms with van der Waals surface area (Å²) in [4.78, 5) is 4.44. The van der Waals surface area contributed by atoms with E-state index in [0.29, 0.717) is 17.9 Å². The van der Waals surface area contributed by atoms with Gasteiger partial charge in [0.05, 0.1) is 11.6 Å². The van der Waals surface area contributed by atoms with E-state index in [1.165, 1.54) is 0 Å². The lowest BCUT2D eigenvalue weighted by atomic mass is 10.1. The second-order valence-electron chi connectivity index (χ2n) is 3.30. The predicted molar refractivity (Wildman–Crippen MR) is 60.7 cm³/mol. The van der Waals surface area contributed by atoms with E-state index in [1.54, 1.807) is 0 Å². The van der Waals surface area contributed by atoms with Gasteiger partial charge < -0.3 is 0 Å². The highest BCUT2D eigenvalue weighted by molar-refractivity contribution is 6.31. The SMILES string of the molecule is N#CCCc1ccc2cc(Cl)ccc2n1. The van der Waals surface area contributed by atoms with Gasteiger partial charge in [0, 0.05) is 28.9 Å². The Hall–Kier alpha value is -1.59. The molecule has 0 atom stereocenters. The van der Waals surface area contributed by atoms with Crippen molar-refractivity contribution in [2.24, 2.45) is 0 Å². The molecule has 0 radical (unpaired) electrons. The average Bonchev–Trinajstić information content (AvgIpc) is 2.26. The monoisotopic (exact) mass is 216 g/mol. The van der Waals surface area contributed by atoms with Crippen LogP contribution in [-0.4, -0.2) is 4.98 Å². The van der Waals surface area contributed by atoms with E-state index >= 15 is 0 Å². The molecular weight excluding hydrogens is 208 g/mol. The molecule has 0 unspecified atom stereocenters. The number of nitriles is 1. The zero-order valence-corrected chi connectivity index (χ0v) is 8.83. The van der Waals surface area contributed by atoms with Crippen LogP contribution in [0, 0.1) is 11.3 Å². The lowest BCUT2D eigenvalue weighted by Gasteiger charge is -2.01. The van der Waals surface area contributed by atoms with Gasteiger partial charge in [0.25, 0.3) is 0 Å². The summed E-state index contributed by atoms with van der Waals surface area (Å²) >= 11 is 5.87. The van der Waals surface area contributed by atoms with Crippen molar-refractivity contribution in [2.45, 2.75) is 12.8 Å². The van der Waals surface area contributed by atoms with Gasteiger partial charge in [-0.25, -0.2) is 0 Å². The predicted octanol–water partition coefficient (Wildman–Crippen LogP) is 3.34. The molecule has 0 N–H and O–H groups in total. The van der Waals surface area contributed by atoms with Crippen LogP contribution in [0.1, 0.15) is 12.1 Å². The highest BCUT2D eigenvalue weighted by Gasteiger charge is 1.99. The second-order valence-corrected chi connectivity index (χ2v) is 3.73. The van der Waals surface area contributed by atoms with E-state index in [9.17, 15) is 0 Å². The standard InChI is InChI=1S/C12H9ClN2/c13-10-4-6-12-9(8-10)3-5-11(15-12)2-1-7-14/h3-6,8H,1-2H2. The highest BCUT2D eigenvalue weighted by atomic mass is 35.5. The Labute approximate surface area is 93.1 Å². The Morgan fingerprint density at radius 3 is 2.93 bits per heavy atom. The molecular formula is C12H9ClN2. The summed E-state index contributed by atoms with van der Waals surface area (Å²) < 4.78 is 0. The lowest BCUT2D eigenvalue weighted by Crippen LogP contribution is -1.89. The molecule has 0 bridgehead atoms. The Balaban J connectivity index is 2.40. The van der Waals surface area contributed by atoms with Gasteiger partial charge in [-0.15, -0.1) is 0 Å². The van der Waals surface area contributed by atoms with Crippen molar-refractivity contribution in [3.63, 3.8) is 0 Å². The minimum absolute atomic E-state index is 0.506. The van der Waals surface area contributed by atoms with Gasteiger partial charge in [0.2, 0.25) is 0 Å². The zero-order chi connectivity index (χ0) is 10.7. The number of aryl methyl sites for hydroxylation is 1. The third-order valence-electron chi connectivity index (χ3n) is 2.20. The van der Waals surface area contributed by atoms with Gasteiger partial charge in [-0.2, -0.15) is 5.26 Å². The number of pyridine rings is 1. The molecule has 0 aliphatic carbocycles. The molecule has 1 aromatic carbocycles. The van der Waals surface area contributed by atoms with E-state index in [2.05, 4.69) is 11.1 Å². The van der Waals surface area contributed by atoms with Crippen LogP contribution in [0.15, 0.2) is 30.3 Å². The fourth-order valence-corrected chi connectivity index (χ4v) is 1.64. The summed E-state index contributed by atoms with van der Waals surface area (Å²) in [6, 6.07) is 11.6. The third-order valence-corrected chi connectivity index (χ3v) is 2.44. The molecule has 0 saturated heterocycles. The summed E-state index contributed by atoms with van der Waals surface area (Å²) in [7, 11) is 0. The van der Waals surface area contributed by atoms with Crippen molar-refractivity contribution < 1.29 is 0 Å². The first-order chi connectivity index (χ1) is 7.29. The van der Waals surface area contributed by atoms with Crippen LogP contribution >= 0.6 is 11.6 Å². The Morgan fingerprint density at radius 1 is 1.27 bits per heavy atom. The summed E-state index contributed by atoms with van der Waals surface area (Å²) in [5, 5.41) is 10.2. The third kappa shape index (κ3) is 2.26. The summed E-state index contributed by atoms with van der Waals surface area (Å²) in [5.41, 5.74) is 1.88. The number of hydrogen-bond donors (Lipinski definition) is 0. The van der Waals surface area contributed by atoms with E-state index < -0.39 is 0 Å². The van der Waals surface area contributed by atoms with Crippen LogP contribution in [-0.2, 0) is 6.42 Å². The first kappa shape index (κ1) is 9.95. The smallest absolute Gasteiger partial charge is 0.0706 e. The fraction of sp³-hybridized carbons (Fsp3) is 0.167. The van der Waals surface area contributed by atoms with E-state index in [0.717, 1.165) is 16.6 Å². The van der Waals surface area contributed by atoms with Crippen molar-refractivity contribution in [3.05, 3.63) is 41.0 Å². The molecule has 0 amide bonds. The topological polar surface area (TPSA) is 36.7 Å². The summed E-state index contributed by atoms with van der Waals surface area (Å²) in [6.45, 7) is 0. The number of aromatic nitrogens is 1. The van der Waals surface area contributed by atoms with Crippen molar-refractivity contribution in [2.75, 3.05) is 0 Å². The number of halogens is 1. The molecule has 0 aliphatic rings. The molecule has 0 fully saturated rings. The average molecular weight is 217 g/mol. The fourth-order valence-electron chi connectivity index (χ4n) is 1.46. The van der Waals surface area contributed by atoms with Gasteiger partial charge in [-0.1, -0.05) is 17.7 Å². The largest absolute Gasteiger partial charge is 0.253 e. The van der Waals surface area contributed by atoms with Crippen LogP contribution in [0.2, 0.25) is 5.02 Å². The van der Waals surface area contributed by atoms with E-state index in [4.69, 9.17) is 16.9 Å². The Kier molecular flexibility index (Phi) is 2.84. The maximum atomic E-state index is 8.48. The molecule has 2 rings (SSSR count). The normalized spacial score (nSPS) is 10.1. The molecule has 0 aliphatic heterocycles. The molecule has 15 heavy (non-hydrogen) atoms. The summed E-state index contributed by atoms with van der Waals surface area (Å²) in [6.07, 6.45) is 1.21. The van der Waals surface area contributed by atoms with Gasteiger partial charge in [0.1, 0.15) is 0 Å².